The number of hydrogen-bond donors (Lipinski definition) is 0. The molecule has 0 spiro atoms. The molecule has 2 aliphatic rings. The van der Waals surface area contributed by atoms with Crippen LogP contribution in [0.3, 0.4) is 0 Å². The lowest BCUT2D eigenvalue weighted by atomic mass is 9.90. The van der Waals surface area contributed by atoms with Crippen LogP contribution in [0.2, 0.25) is 0 Å². The van der Waals surface area contributed by atoms with Crippen molar-refractivity contribution in [2.45, 2.75) is 39.0 Å². The highest BCUT2D eigenvalue weighted by molar-refractivity contribution is 5.78. The summed E-state index contributed by atoms with van der Waals surface area (Å²) >= 11 is 0. The van der Waals surface area contributed by atoms with E-state index in [1.807, 2.05) is 11.0 Å². The van der Waals surface area contributed by atoms with E-state index in [-0.39, 0.29) is 5.82 Å². The predicted molar refractivity (Wildman–Crippen MR) is 94.2 cm³/mol. The zero-order valence-electron chi connectivity index (χ0n) is 14.7. The van der Waals surface area contributed by atoms with Crippen molar-refractivity contribution in [3.63, 3.8) is 0 Å². The minimum atomic E-state index is -0.147. The second-order valence-corrected chi connectivity index (χ2v) is 7.62. The quantitative estimate of drug-likeness (QED) is 0.844. The van der Waals surface area contributed by atoms with Gasteiger partial charge in [0.15, 0.2) is 0 Å². The first-order chi connectivity index (χ1) is 11.6. The lowest BCUT2D eigenvalue weighted by Crippen LogP contribution is -2.46. The van der Waals surface area contributed by atoms with Crippen LogP contribution in [-0.4, -0.2) is 48.4 Å². The second-order valence-electron chi connectivity index (χ2n) is 7.62. The highest BCUT2D eigenvalue weighted by Crippen LogP contribution is 2.22. The number of halogens is 1. The number of benzene rings is 1. The molecule has 0 atom stereocenters. The van der Waals surface area contributed by atoms with E-state index in [2.05, 4.69) is 11.8 Å². The number of nitrogens with zero attached hydrogens (tertiary/aromatic N) is 2. The number of piperidine rings is 2. The molecular weight excluding hydrogens is 303 g/mol. The van der Waals surface area contributed by atoms with Crippen LogP contribution in [-0.2, 0) is 11.2 Å². The van der Waals surface area contributed by atoms with Gasteiger partial charge >= 0.3 is 0 Å². The molecule has 2 heterocycles. The Hall–Kier alpha value is -1.42. The zero-order valence-corrected chi connectivity index (χ0v) is 14.7. The van der Waals surface area contributed by atoms with E-state index in [0.29, 0.717) is 18.4 Å². The molecule has 0 saturated carbocycles. The fraction of sp³-hybridized carbons (Fsp3) is 0.650. The molecule has 0 N–H and O–H groups in total. The van der Waals surface area contributed by atoms with Crippen molar-refractivity contribution in [3.05, 3.63) is 35.6 Å². The first-order valence-corrected chi connectivity index (χ1v) is 9.34. The fourth-order valence-corrected chi connectivity index (χ4v) is 3.90. The van der Waals surface area contributed by atoms with Crippen molar-refractivity contribution >= 4 is 5.91 Å². The molecule has 3 rings (SSSR count). The number of carbonyl (C=O) groups is 1. The molecule has 0 unspecified atom stereocenters. The minimum absolute atomic E-state index is 0.147. The van der Waals surface area contributed by atoms with Gasteiger partial charge in [-0.3, -0.25) is 9.69 Å². The van der Waals surface area contributed by atoms with Crippen LogP contribution in [0.1, 0.15) is 38.2 Å². The molecule has 1 aromatic rings. The van der Waals surface area contributed by atoms with Crippen LogP contribution in [0.4, 0.5) is 4.39 Å². The maximum atomic E-state index is 13.3. The normalized spacial score (nSPS) is 21.2. The molecule has 0 aliphatic carbocycles. The molecule has 0 radical (unpaired) electrons. The number of hydrogen-bond acceptors (Lipinski definition) is 2. The van der Waals surface area contributed by atoms with Crippen LogP contribution < -0.4 is 0 Å². The van der Waals surface area contributed by atoms with E-state index < -0.39 is 0 Å². The standard InChI is InChI=1S/C20H29FN2O/c1-16-5-11-23(12-6-16)20(24)15-22-9-7-17(8-10-22)13-18-3-2-4-19(21)14-18/h2-4,14,16-17H,5-13,15H2,1H3. The van der Waals surface area contributed by atoms with Gasteiger partial charge in [-0.25, -0.2) is 4.39 Å². The van der Waals surface area contributed by atoms with Crippen LogP contribution in [0.15, 0.2) is 24.3 Å². The third kappa shape index (κ3) is 4.79. The second kappa shape index (κ2) is 8.11. The van der Waals surface area contributed by atoms with Gasteiger partial charge in [0.05, 0.1) is 6.54 Å². The summed E-state index contributed by atoms with van der Waals surface area (Å²) in [6, 6.07) is 6.95. The van der Waals surface area contributed by atoms with Gasteiger partial charge in [-0.05, 0) is 74.7 Å². The topological polar surface area (TPSA) is 23.6 Å². The summed E-state index contributed by atoms with van der Waals surface area (Å²) in [5.41, 5.74) is 1.09. The van der Waals surface area contributed by atoms with E-state index in [9.17, 15) is 9.18 Å². The Kier molecular flexibility index (Phi) is 5.88. The van der Waals surface area contributed by atoms with Gasteiger partial charge in [-0.2, -0.15) is 0 Å². The Morgan fingerprint density at radius 1 is 1.12 bits per heavy atom. The van der Waals surface area contributed by atoms with Crippen molar-refractivity contribution in [1.29, 1.82) is 0 Å². The molecule has 4 heteroatoms. The Morgan fingerprint density at radius 2 is 1.83 bits per heavy atom. The van der Waals surface area contributed by atoms with Gasteiger partial charge in [0, 0.05) is 13.1 Å². The van der Waals surface area contributed by atoms with Gasteiger partial charge in [0.25, 0.3) is 0 Å². The van der Waals surface area contributed by atoms with E-state index >= 15 is 0 Å². The van der Waals surface area contributed by atoms with E-state index in [1.165, 1.54) is 6.07 Å². The summed E-state index contributed by atoms with van der Waals surface area (Å²) < 4.78 is 13.3. The molecule has 132 valence electrons. The minimum Gasteiger partial charge on any atom is -0.342 e. The molecule has 1 amide bonds. The van der Waals surface area contributed by atoms with E-state index in [0.717, 1.165) is 69.8 Å². The van der Waals surface area contributed by atoms with Crippen LogP contribution >= 0.6 is 0 Å². The average Bonchev–Trinajstić information content (AvgIpc) is 2.57. The monoisotopic (exact) mass is 332 g/mol. The van der Waals surface area contributed by atoms with Crippen molar-refractivity contribution in [2.75, 3.05) is 32.7 Å². The molecular formula is C20H29FN2O. The first kappa shape index (κ1) is 17.4. The Labute approximate surface area is 144 Å². The number of rotatable bonds is 4. The summed E-state index contributed by atoms with van der Waals surface area (Å²) in [6.45, 7) is 6.66. The van der Waals surface area contributed by atoms with Gasteiger partial charge in [0.2, 0.25) is 5.91 Å². The molecule has 2 aliphatic heterocycles. The Balaban J connectivity index is 1.41. The maximum absolute atomic E-state index is 13.3. The van der Waals surface area contributed by atoms with Crippen molar-refractivity contribution in [1.82, 2.24) is 9.80 Å². The molecule has 0 aromatic heterocycles. The first-order valence-electron chi connectivity index (χ1n) is 9.34. The maximum Gasteiger partial charge on any atom is 0.236 e. The third-order valence-corrected chi connectivity index (χ3v) is 5.62. The van der Waals surface area contributed by atoms with E-state index in [1.54, 1.807) is 12.1 Å². The third-order valence-electron chi connectivity index (χ3n) is 5.62. The Bertz CT molecular complexity index is 546. The highest BCUT2D eigenvalue weighted by atomic mass is 19.1. The van der Waals surface area contributed by atoms with E-state index in [4.69, 9.17) is 0 Å². The summed E-state index contributed by atoms with van der Waals surface area (Å²) in [5, 5.41) is 0. The van der Waals surface area contributed by atoms with Gasteiger partial charge in [0.1, 0.15) is 5.82 Å². The van der Waals surface area contributed by atoms with Crippen molar-refractivity contribution in [2.24, 2.45) is 11.8 Å². The number of carbonyl (C=O) groups excluding carboxylic acids is 1. The zero-order chi connectivity index (χ0) is 16.9. The average molecular weight is 332 g/mol. The summed E-state index contributed by atoms with van der Waals surface area (Å²) in [6.07, 6.45) is 5.42. The smallest absolute Gasteiger partial charge is 0.236 e. The van der Waals surface area contributed by atoms with Crippen LogP contribution in [0, 0.1) is 17.7 Å². The van der Waals surface area contributed by atoms with Gasteiger partial charge < -0.3 is 4.90 Å². The summed E-state index contributed by atoms with van der Waals surface area (Å²) in [5.74, 6) is 1.51. The fourth-order valence-electron chi connectivity index (χ4n) is 3.90. The van der Waals surface area contributed by atoms with Crippen molar-refractivity contribution in [3.8, 4) is 0 Å². The molecule has 24 heavy (non-hydrogen) atoms. The van der Waals surface area contributed by atoms with Crippen molar-refractivity contribution < 1.29 is 9.18 Å². The molecule has 0 bridgehead atoms. The molecule has 1 aromatic carbocycles. The largest absolute Gasteiger partial charge is 0.342 e. The molecule has 3 nitrogen and oxygen atoms in total. The lowest BCUT2D eigenvalue weighted by molar-refractivity contribution is -0.134. The van der Waals surface area contributed by atoms with Gasteiger partial charge in [-0.15, -0.1) is 0 Å². The molecule has 2 saturated heterocycles. The van der Waals surface area contributed by atoms with Crippen LogP contribution in [0.25, 0.3) is 0 Å². The highest BCUT2D eigenvalue weighted by Gasteiger charge is 2.25. The SMILES string of the molecule is CC1CCN(C(=O)CN2CCC(Cc3cccc(F)c3)CC2)CC1. The summed E-state index contributed by atoms with van der Waals surface area (Å²) in [4.78, 5) is 16.8. The number of likely N-dealkylation sites (tertiary alicyclic amines) is 2. The predicted octanol–water partition coefficient (Wildman–Crippen LogP) is 3.34. The molecule has 2 fully saturated rings. The summed E-state index contributed by atoms with van der Waals surface area (Å²) in [7, 11) is 0. The van der Waals surface area contributed by atoms with Crippen LogP contribution in [0.5, 0.6) is 0 Å². The number of amides is 1. The Morgan fingerprint density at radius 3 is 2.50 bits per heavy atom. The van der Waals surface area contributed by atoms with Gasteiger partial charge in [-0.1, -0.05) is 19.1 Å². The lowest BCUT2D eigenvalue weighted by Gasteiger charge is -2.35.